The maximum absolute atomic E-state index is 3.53. The van der Waals surface area contributed by atoms with E-state index in [-0.39, 0.29) is 6.17 Å². The van der Waals surface area contributed by atoms with Crippen LogP contribution < -0.4 is 10.6 Å². The Labute approximate surface area is 101 Å². The minimum Gasteiger partial charge on any atom is -0.361 e. The molecular weight excluding hydrogens is 208 g/mol. The molecule has 0 atom stereocenters. The van der Waals surface area contributed by atoms with Gasteiger partial charge >= 0.3 is 0 Å². The summed E-state index contributed by atoms with van der Waals surface area (Å²) in [5.41, 5.74) is 3.72. The quantitative estimate of drug-likeness (QED) is 0.716. The van der Waals surface area contributed by atoms with Gasteiger partial charge in [-0.1, -0.05) is 30.3 Å². The number of allylic oxidation sites excluding steroid dienone is 1. The molecule has 2 N–H and O–H groups in total. The van der Waals surface area contributed by atoms with E-state index in [1.807, 2.05) is 0 Å². The van der Waals surface area contributed by atoms with Gasteiger partial charge in [0.15, 0.2) is 0 Å². The highest BCUT2D eigenvalue weighted by Crippen LogP contribution is 2.35. The van der Waals surface area contributed by atoms with E-state index in [9.17, 15) is 0 Å². The van der Waals surface area contributed by atoms with Crippen molar-refractivity contribution in [1.82, 2.24) is 0 Å². The Balaban J connectivity index is 2.17. The molecule has 1 heterocycles. The van der Waals surface area contributed by atoms with Gasteiger partial charge in [-0.15, -0.1) is 0 Å². The Morgan fingerprint density at radius 1 is 1.06 bits per heavy atom. The first kappa shape index (κ1) is 10.2. The summed E-state index contributed by atoms with van der Waals surface area (Å²) < 4.78 is 0. The second kappa shape index (κ2) is 3.81. The Hall–Kier alpha value is -1.96. The van der Waals surface area contributed by atoms with Crippen molar-refractivity contribution in [1.29, 1.82) is 0 Å². The van der Waals surface area contributed by atoms with Crippen LogP contribution in [0.25, 0.3) is 10.8 Å². The van der Waals surface area contributed by atoms with Crippen LogP contribution >= 0.6 is 0 Å². The van der Waals surface area contributed by atoms with Gasteiger partial charge in [0, 0.05) is 16.8 Å². The van der Waals surface area contributed by atoms with Crippen LogP contribution in [0, 0.1) is 0 Å². The maximum Gasteiger partial charge on any atom is 0.119 e. The second-order valence-electron chi connectivity index (χ2n) is 4.46. The summed E-state index contributed by atoms with van der Waals surface area (Å²) in [6.07, 6.45) is 2.33. The predicted molar refractivity (Wildman–Crippen MR) is 74.4 cm³/mol. The summed E-state index contributed by atoms with van der Waals surface area (Å²) in [7, 11) is 0. The van der Waals surface area contributed by atoms with Gasteiger partial charge < -0.3 is 10.6 Å². The molecule has 3 rings (SSSR count). The number of hydrogen-bond donors (Lipinski definition) is 2. The van der Waals surface area contributed by atoms with Crippen LogP contribution in [-0.2, 0) is 0 Å². The summed E-state index contributed by atoms with van der Waals surface area (Å²) >= 11 is 0. The first-order valence-electron chi connectivity index (χ1n) is 5.97. The van der Waals surface area contributed by atoms with Crippen LogP contribution in [0.15, 0.2) is 48.0 Å². The lowest BCUT2D eigenvalue weighted by Crippen LogP contribution is -2.32. The smallest absolute Gasteiger partial charge is 0.119 e. The van der Waals surface area contributed by atoms with E-state index < -0.39 is 0 Å². The standard InChI is InChI=1S/C15H16N2/c1-3-10(2)15-16-12-8-4-6-11-7-5-9-13(17-15)14(11)12/h3-9,15-17H,1-2H3/b10-3+. The van der Waals surface area contributed by atoms with Crippen LogP contribution in [0.3, 0.4) is 0 Å². The Kier molecular flexibility index (Phi) is 2.29. The molecule has 0 unspecified atom stereocenters. The summed E-state index contributed by atoms with van der Waals surface area (Å²) in [5.74, 6) is 0. The van der Waals surface area contributed by atoms with Crippen LogP contribution in [0.2, 0.25) is 0 Å². The van der Waals surface area contributed by atoms with Crippen LogP contribution in [-0.4, -0.2) is 6.17 Å². The van der Waals surface area contributed by atoms with E-state index in [0.29, 0.717) is 0 Å². The normalized spacial score (nSPS) is 15.5. The third-order valence-electron chi connectivity index (χ3n) is 3.42. The lowest BCUT2D eigenvalue weighted by molar-refractivity contribution is 0.930. The van der Waals surface area contributed by atoms with Crippen LogP contribution in [0.4, 0.5) is 11.4 Å². The van der Waals surface area contributed by atoms with Crippen LogP contribution in [0.5, 0.6) is 0 Å². The molecule has 0 saturated heterocycles. The summed E-state index contributed by atoms with van der Waals surface area (Å²) in [5, 5.41) is 9.63. The molecule has 0 bridgehead atoms. The molecule has 0 fully saturated rings. The topological polar surface area (TPSA) is 24.1 Å². The maximum atomic E-state index is 3.53. The van der Waals surface area contributed by atoms with E-state index in [1.165, 1.54) is 27.7 Å². The zero-order valence-corrected chi connectivity index (χ0v) is 10.1. The van der Waals surface area contributed by atoms with Crippen molar-refractivity contribution < 1.29 is 0 Å². The summed E-state index contributed by atoms with van der Waals surface area (Å²) in [4.78, 5) is 0. The van der Waals surface area contributed by atoms with Crippen molar-refractivity contribution in [3.63, 3.8) is 0 Å². The third-order valence-corrected chi connectivity index (χ3v) is 3.42. The average molecular weight is 224 g/mol. The molecule has 0 amide bonds. The summed E-state index contributed by atoms with van der Waals surface area (Å²) in [6, 6.07) is 12.8. The van der Waals surface area contributed by atoms with Crippen molar-refractivity contribution in [3.8, 4) is 0 Å². The molecule has 1 aliphatic rings. The molecule has 1 aliphatic heterocycles. The molecule has 2 heteroatoms. The number of benzene rings is 2. The zero-order valence-electron chi connectivity index (χ0n) is 10.1. The van der Waals surface area contributed by atoms with Crippen molar-refractivity contribution in [2.75, 3.05) is 10.6 Å². The fourth-order valence-corrected chi connectivity index (χ4v) is 2.32. The van der Waals surface area contributed by atoms with Gasteiger partial charge in [0.1, 0.15) is 6.17 Å². The van der Waals surface area contributed by atoms with Gasteiger partial charge in [0.05, 0.1) is 0 Å². The molecule has 2 aromatic carbocycles. The van der Waals surface area contributed by atoms with E-state index in [0.717, 1.165) is 0 Å². The Morgan fingerprint density at radius 2 is 1.65 bits per heavy atom. The molecule has 2 aromatic rings. The van der Waals surface area contributed by atoms with Crippen molar-refractivity contribution in [2.45, 2.75) is 20.0 Å². The van der Waals surface area contributed by atoms with E-state index in [4.69, 9.17) is 0 Å². The minimum absolute atomic E-state index is 0.195. The monoisotopic (exact) mass is 224 g/mol. The lowest BCUT2D eigenvalue weighted by Gasteiger charge is -2.30. The fraction of sp³-hybridized carbons (Fsp3) is 0.200. The highest BCUT2D eigenvalue weighted by atomic mass is 15.1. The Morgan fingerprint density at radius 3 is 2.18 bits per heavy atom. The fourth-order valence-electron chi connectivity index (χ4n) is 2.32. The van der Waals surface area contributed by atoms with Gasteiger partial charge in [-0.2, -0.15) is 0 Å². The molecule has 0 radical (unpaired) electrons. The molecule has 0 saturated carbocycles. The first-order valence-corrected chi connectivity index (χ1v) is 5.97. The molecule has 0 aromatic heterocycles. The lowest BCUT2D eigenvalue weighted by atomic mass is 10.0. The van der Waals surface area contributed by atoms with E-state index in [1.54, 1.807) is 0 Å². The zero-order chi connectivity index (χ0) is 11.8. The summed E-state index contributed by atoms with van der Waals surface area (Å²) in [6.45, 7) is 4.21. The molecule has 17 heavy (non-hydrogen) atoms. The second-order valence-corrected chi connectivity index (χ2v) is 4.46. The van der Waals surface area contributed by atoms with Gasteiger partial charge in [0.25, 0.3) is 0 Å². The molecule has 0 aliphatic carbocycles. The van der Waals surface area contributed by atoms with Crippen LogP contribution in [0.1, 0.15) is 13.8 Å². The van der Waals surface area contributed by atoms with Gasteiger partial charge in [-0.3, -0.25) is 0 Å². The van der Waals surface area contributed by atoms with Crippen molar-refractivity contribution in [2.24, 2.45) is 0 Å². The average Bonchev–Trinajstić information content (AvgIpc) is 2.38. The number of rotatable bonds is 1. The first-order chi connectivity index (χ1) is 8.29. The predicted octanol–water partition coefficient (Wildman–Crippen LogP) is 3.97. The van der Waals surface area contributed by atoms with E-state index in [2.05, 4.69) is 67.0 Å². The van der Waals surface area contributed by atoms with E-state index >= 15 is 0 Å². The number of hydrogen-bond acceptors (Lipinski definition) is 2. The molecule has 2 nitrogen and oxygen atoms in total. The number of nitrogens with one attached hydrogen (secondary N) is 2. The Bertz CT molecular complexity index is 558. The van der Waals surface area contributed by atoms with Crippen molar-refractivity contribution >= 4 is 22.1 Å². The van der Waals surface area contributed by atoms with Gasteiger partial charge in [-0.25, -0.2) is 0 Å². The highest BCUT2D eigenvalue weighted by Gasteiger charge is 2.18. The van der Waals surface area contributed by atoms with Gasteiger partial charge in [-0.05, 0) is 36.9 Å². The molecule has 86 valence electrons. The third kappa shape index (κ3) is 1.57. The van der Waals surface area contributed by atoms with Crippen molar-refractivity contribution in [3.05, 3.63) is 48.0 Å². The minimum atomic E-state index is 0.195. The largest absolute Gasteiger partial charge is 0.361 e. The van der Waals surface area contributed by atoms with Gasteiger partial charge in [0.2, 0.25) is 0 Å². The SMILES string of the molecule is C/C=C(\C)C1Nc2cccc3cccc(c23)N1. The molecule has 0 spiro atoms. The molecular formula is C15H16N2. The number of anilines is 2. The highest BCUT2D eigenvalue weighted by molar-refractivity contribution is 6.04.